The fourth-order valence-corrected chi connectivity index (χ4v) is 4.96. The van der Waals surface area contributed by atoms with Gasteiger partial charge in [-0.1, -0.05) is 0 Å². The van der Waals surface area contributed by atoms with E-state index in [0.29, 0.717) is 16.2 Å². The van der Waals surface area contributed by atoms with E-state index < -0.39 is 0 Å². The molecule has 0 atom stereocenters. The van der Waals surface area contributed by atoms with Crippen molar-refractivity contribution in [1.29, 1.82) is 0 Å². The van der Waals surface area contributed by atoms with Gasteiger partial charge in [0.1, 0.15) is 16.4 Å². The lowest BCUT2D eigenvalue weighted by molar-refractivity contribution is 0.563. The second kappa shape index (κ2) is 8.15. The molecule has 0 aliphatic carbocycles. The zero-order valence-electron chi connectivity index (χ0n) is 17.6. The summed E-state index contributed by atoms with van der Waals surface area (Å²) < 4.78 is 6.72. The minimum atomic E-state index is -0.359. The summed E-state index contributed by atoms with van der Waals surface area (Å²) in [5.41, 5.74) is 3.72. The zero-order chi connectivity index (χ0) is 21.4. The Labute approximate surface area is 184 Å². The molecular weight excluding hydrogens is 408 g/mol. The van der Waals surface area contributed by atoms with E-state index in [2.05, 4.69) is 41.2 Å². The van der Waals surface area contributed by atoms with E-state index in [1.54, 1.807) is 0 Å². The first-order chi connectivity index (χ1) is 15.2. The lowest BCUT2D eigenvalue weighted by Gasteiger charge is -2.20. The van der Waals surface area contributed by atoms with Gasteiger partial charge in [-0.2, -0.15) is 0 Å². The smallest absolute Gasteiger partial charge is 0.346 e. The summed E-state index contributed by atoms with van der Waals surface area (Å²) in [7, 11) is 0. The number of aliphatic imine (C=N–C) groups is 1. The molecule has 0 saturated carbocycles. The van der Waals surface area contributed by atoms with Crippen molar-refractivity contribution in [2.24, 2.45) is 4.99 Å². The third-order valence-corrected chi connectivity index (χ3v) is 6.69. The van der Waals surface area contributed by atoms with E-state index in [-0.39, 0.29) is 5.63 Å². The average Bonchev–Trinajstić information content (AvgIpc) is 3.23. The largest absolute Gasteiger partial charge is 0.422 e. The minimum absolute atomic E-state index is 0.359. The van der Waals surface area contributed by atoms with Crippen molar-refractivity contribution in [3.63, 3.8) is 0 Å². The Morgan fingerprint density at radius 1 is 1.13 bits per heavy atom. The second-order valence-corrected chi connectivity index (χ2v) is 8.58. The highest BCUT2D eigenvalue weighted by Gasteiger charge is 2.15. The number of nitrogens with zero attached hydrogens (tertiary/aromatic N) is 3. The maximum absolute atomic E-state index is 12.8. The Morgan fingerprint density at radius 2 is 2.00 bits per heavy atom. The van der Waals surface area contributed by atoms with Crippen LogP contribution in [0.1, 0.15) is 25.8 Å². The van der Waals surface area contributed by atoms with Crippen LogP contribution in [0.15, 0.2) is 56.7 Å². The Bertz CT molecular complexity index is 1350. The van der Waals surface area contributed by atoms with E-state index >= 15 is 0 Å². The normalized spacial score (nSPS) is 13.9. The van der Waals surface area contributed by atoms with Crippen LogP contribution >= 0.6 is 11.3 Å². The van der Waals surface area contributed by atoms with Gasteiger partial charge in [-0.25, -0.2) is 9.78 Å². The molecule has 0 spiro atoms. The fraction of sp³-hybridized carbons (Fsp3) is 0.292. The van der Waals surface area contributed by atoms with Crippen molar-refractivity contribution < 1.29 is 4.42 Å². The summed E-state index contributed by atoms with van der Waals surface area (Å²) in [6.07, 6.45) is 1.06. The highest BCUT2D eigenvalue weighted by molar-refractivity contribution is 7.21. The fourth-order valence-electron chi connectivity index (χ4n) is 3.95. The van der Waals surface area contributed by atoms with Gasteiger partial charge in [0, 0.05) is 48.9 Å². The second-order valence-electron chi connectivity index (χ2n) is 7.55. The molecule has 3 heterocycles. The molecule has 0 unspecified atom stereocenters. The number of thiazole rings is 1. The van der Waals surface area contributed by atoms with E-state index in [1.165, 1.54) is 11.3 Å². The maximum atomic E-state index is 12.8. The summed E-state index contributed by atoms with van der Waals surface area (Å²) >= 11 is 1.50. The molecule has 0 amide bonds. The van der Waals surface area contributed by atoms with E-state index in [1.807, 2.05) is 30.3 Å². The summed E-state index contributed by atoms with van der Waals surface area (Å²) in [6.45, 7) is 7.83. The Morgan fingerprint density at radius 3 is 2.77 bits per heavy atom. The van der Waals surface area contributed by atoms with E-state index in [9.17, 15) is 4.79 Å². The SMILES string of the molecule is CCN(CC)c1ccc2cc(-c3nc4ccc(C5=NCCCN5)cc4s3)c(=O)oc2c1. The van der Waals surface area contributed by atoms with Crippen molar-refractivity contribution in [2.45, 2.75) is 20.3 Å². The van der Waals surface area contributed by atoms with Gasteiger partial charge in [0.05, 0.1) is 15.8 Å². The van der Waals surface area contributed by atoms with Gasteiger partial charge in [0.25, 0.3) is 0 Å². The molecule has 1 N–H and O–H groups in total. The first kappa shape index (κ1) is 19.8. The predicted octanol–water partition coefficient (Wildman–Crippen LogP) is 4.66. The van der Waals surface area contributed by atoms with Crippen LogP contribution in [0.2, 0.25) is 0 Å². The lowest BCUT2D eigenvalue weighted by Crippen LogP contribution is -2.30. The third-order valence-electron chi connectivity index (χ3n) is 5.64. The van der Waals surface area contributed by atoms with Crippen LogP contribution in [0.4, 0.5) is 5.69 Å². The van der Waals surface area contributed by atoms with Gasteiger partial charge in [0.2, 0.25) is 0 Å². The number of fused-ring (bicyclic) bond motifs is 2. The molecule has 158 valence electrons. The van der Waals surface area contributed by atoms with Crippen molar-refractivity contribution >= 4 is 44.0 Å². The number of aromatic nitrogens is 1. The average molecular weight is 433 g/mol. The number of nitrogens with one attached hydrogen (secondary N) is 1. The third kappa shape index (κ3) is 3.70. The summed E-state index contributed by atoms with van der Waals surface area (Å²) in [6, 6.07) is 14.0. The highest BCUT2D eigenvalue weighted by atomic mass is 32.1. The molecule has 0 fully saturated rings. The Hall–Kier alpha value is -3.19. The molecule has 1 aliphatic heterocycles. The molecule has 1 aliphatic rings. The first-order valence-electron chi connectivity index (χ1n) is 10.7. The van der Waals surface area contributed by atoms with E-state index in [0.717, 1.165) is 65.3 Å². The molecule has 0 saturated heterocycles. The highest BCUT2D eigenvalue weighted by Crippen LogP contribution is 2.31. The van der Waals surface area contributed by atoms with Crippen molar-refractivity contribution in [2.75, 3.05) is 31.1 Å². The molecule has 7 heteroatoms. The number of rotatable bonds is 5. The van der Waals surface area contributed by atoms with Gasteiger partial charge in [-0.15, -0.1) is 11.3 Å². The lowest BCUT2D eigenvalue weighted by atomic mass is 10.1. The van der Waals surface area contributed by atoms with Crippen LogP contribution in [-0.2, 0) is 0 Å². The van der Waals surface area contributed by atoms with Crippen molar-refractivity contribution in [3.8, 4) is 10.6 Å². The van der Waals surface area contributed by atoms with Crippen molar-refractivity contribution in [1.82, 2.24) is 10.3 Å². The van der Waals surface area contributed by atoms with Gasteiger partial charge in [-0.05, 0) is 56.7 Å². The summed E-state index contributed by atoms with van der Waals surface area (Å²) in [4.78, 5) is 24.3. The van der Waals surface area contributed by atoms with Crippen molar-refractivity contribution in [3.05, 3.63) is 58.4 Å². The molecule has 5 rings (SSSR count). The molecule has 0 radical (unpaired) electrons. The van der Waals surface area contributed by atoms with Gasteiger partial charge < -0.3 is 14.6 Å². The van der Waals surface area contributed by atoms with Gasteiger partial charge in [-0.3, -0.25) is 4.99 Å². The monoisotopic (exact) mass is 432 g/mol. The maximum Gasteiger partial charge on any atom is 0.346 e. The molecular formula is C24H24N4O2S. The van der Waals surface area contributed by atoms with Gasteiger partial charge >= 0.3 is 5.63 Å². The molecule has 31 heavy (non-hydrogen) atoms. The predicted molar refractivity (Wildman–Crippen MR) is 129 cm³/mol. The molecule has 2 aromatic carbocycles. The van der Waals surface area contributed by atoms with Crippen LogP contribution in [0.25, 0.3) is 31.8 Å². The van der Waals surface area contributed by atoms with E-state index in [4.69, 9.17) is 9.40 Å². The number of benzene rings is 2. The van der Waals surface area contributed by atoms with Crippen LogP contribution in [0.3, 0.4) is 0 Å². The molecule has 6 nitrogen and oxygen atoms in total. The van der Waals surface area contributed by atoms with Crippen LogP contribution in [0.5, 0.6) is 0 Å². The molecule has 4 aromatic rings. The Balaban J connectivity index is 1.55. The van der Waals surface area contributed by atoms with Crippen LogP contribution in [0, 0.1) is 0 Å². The molecule has 2 aromatic heterocycles. The van der Waals surface area contributed by atoms with Gasteiger partial charge in [0.15, 0.2) is 0 Å². The quantitative estimate of drug-likeness (QED) is 0.465. The minimum Gasteiger partial charge on any atom is -0.422 e. The number of anilines is 1. The summed E-state index contributed by atoms with van der Waals surface area (Å²) in [5, 5.41) is 4.92. The van der Waals surface area contributed by atoms with Crippen LogP contribution < -0.4 is 15.8 Å². The standard InChI is InChI=1S/C24H24N4O2S/c1-3-28(4-2)17-8-6-15-12-18(24(29)30-20(15)14-17)23-27-19-9-7-16(13-21(19)31-23)22-25-10-5-11-26-22/h6-9,12-14H,3-5,10-11H2,1-2H3,(H,25,26). The number of hydrogen-bond donors (Lipinski definition) is 1. The zero-order valence-corrected chi connectivity index (χ0v) is 18.5. The number of hydrogen-bond acceptors (Lipinski definition) is 7. The topological polar surface area (TPSA) is 70.7 Å². The first-order valence-corrected chi connectivity index (χ1v) is 11.5. The Kier molecular flexibility index (Phi) is 5.19. The number of amidine groups is 1. The summed E-state index contributed by atoms with van der Waals surface area (Å²) in [5.74, 6) is 0.928. The molecule has 0 bridgehead atoms. The van der Waals surface area contributed by atoms with Crippen LogP contribution in [-0.4, -0.2) is 37.0 Å².